The zero-order valence-electron chi connectivity index (χ0n) is 21.2. The van der Waals surface area contributed by atoms with Crippen LogP contribution in [0, 0.1) is 0 Å². The molecule has 4 rings (SSSR count). The fraction of sp³-hybridized carbons (Fsp3) is 0.571. The number of rotatable bonds is 11. The second-order valence-electron chi connectivity index (χ2n) is 9.55. The summed E-state index contributed by atoms with van der Waals surface area (Å²) in [7, 11) is 3.54. The maximum atomic E-state index is 6.07. The van der Waals surface area contributed by atoms with Gasteiger partial charge in [-0.25, -0.2) is 0 Å². The lowest BCUT2D eigenvalue weighted by Crippen LogP contribution is -2.39. The first-order valence-electron chi connectivity index (χ1n) is 12.8. The molecule has 2 aromatic rings. The van der Waals surface area contributed by atoms with E-state index in [1.165, 1.54) is 23.3 Å². The zero-order chi connectivity index (χ0) is 23.9. The molecule has 2 N–H and O–H groups in total. The molecule has 1 saturated carbocycles. The number of hydrogen-bond donors (Lipinski definition) is 2. The minimum Gasteiger partial charge on any atom is -0.378 e. The molecule has 1 fully saturated rings. The lowest BCUT2D eigenvalue weighted by Gasteiger charge is -2.32. The molecule has 0 radical (unpaired) electrons. The highest BCUT2D eigenvalue weighted by Crippen LogP contribution is 2.38. The van der Waals surface area contributed by atoms with Gasteiger partial charge in [0.1, 0.15) is 6.23 Å². The molecule has 2 unspecified atom stereocenters. The van der Waals surface area contributed by atoms with Gasteiger partial charge in [-0.1, -0.05) is 43.7 Å². The van der Waals surface area contributed by atoms with Crippen LogP contribution in [0.15, 0.2) is 42.7 Å². The van der Waals surface area contributed by atoms with Gasteiger partial charge in [-0.2, -0.15) is 0 Å². The van der Waals surface area contributed by atoms with Crippen molar-refractivity contribution in [3.8, 4) is 0 Å². The summed E-state index contributed by atoms with van der Waals surface area (Å²) in [5, 5.41) is 7.21. The Kier molecular flexibility index (Phi) is 8.84. The van der Waals surface area contributed by atoms with Crippen LogP contribution >= 0.6 is 0 Å². The van der Waals surface area contributed by atoms with Gasteiger partial charge in [0, 0.05) is 56.9 Å². The Morgan fingerprint density at radius 1 is 1.12 bits per heavy atom. The molecule has 2 heterocycles. The molecule has 1 aromatic heterocycles. The minimum atomic E-state index is -0.201. The van der Waals surface area contributed by atoms with E-state index in [1.54, 1.807) is 14.2 Å². The molecule has 1 aliphatic heterocycles. The monoisotopic (exact) mass is 467 g/mol. The van der Waals surface area contributed by atoms with E-state index in [-0.39, 0.29) is 12.5 Å². The van der Waals surface area contributed by atoms with E-state index in [4.69, 9.17) is 14.2 Å². The summed E-state index contributed by atoms with van der Waals surface area (Å²) in [4.78, 5) is 0. The average Bonchev–Trinajstić information content (AvgIpc) is 3.24. The van der Waals surface area contributed by atoms with Crippen LogP contribution in [0.1, 0.15) is 87.2 Å². The molecule has 1 aliphatic carbocycles. The maximum Gasteiger partial charge on any atom is 0.155 e. The zero-order valence-corrected chi connectivity index (χ0v) is 21.2. The minimum absolute atomic E-state index is 0.196. The third kappa shape index (κ3) is 5.74. The maximum absolute atomic E-state index is 6.07. The molecule has 6 nitrogen and oxygen atoms in total. The molecule has 34 heavy (non-hydrogen) atoms. The lowest BCUT2D eigenvalue weighted by atomic mass is 9.92. The van der Waals surface area contributed by atoms with Gasteiger partial charge in [-0.15, -0.1) is 0 Å². The predicted octanol–water partition coefficient (Wildman–Crippen LogP) is 5.51. The van der Waals surface area contributed by atoms with E-state index in [2.05, 4.69) is 71.8 Å². The molecular formula is C28H41N3O3. The second kappa shape index (κ2) is 12.0. The smallest absolute Gasteiger partial charge is 0.155 e. The van der Waals surface area contributed by atoms with Crippen LogP contribution in [0.3, 0.4) is 0 Å². The largest absolute Gasteiger partial charge is 0.378 e. The summed E-state index contributed by atoms with van der Waals surface area (Å²) in [6.07, 6.45) is 11.1. The van der Waals surface area contributed by atoms with Gasteiger partial charge < -0.3 is 24.1 Å². The van der Waals surface area contributed by atoms with Crippen molar-refractivity contribution in [2.45, 2.75) is 83.5 Å². The summed E-state index contributed by atoms with van der Waals surface area (Å²) >= 11 is 0. The molecule has 2 aliphatic rings. The number of methoxy groups -OCH3 is 2. The van der Waals surface area contributed by atoms with Crippen LogP contribution in [0.5, 0.6) is 0 Å². The summed E-state index contributed by atoms with van der Waals surface area (Å²) < 4.78 is 20.3. The summed E-state index contributed by atoms with van der Waals surface area (Å²) in [5.41, 5.74) is 5.98. The van der Waals surface area contributed by atoms with E-state index in [9.17, 15) is 0 Å². The number of benzene rings is 1. The highest BCUT2D eigenvalue weighted by molar-refractivity contribution is 5.68. The molecule has 0 amide bonds. The normalized spacial score (nSPS) is 23.2. The van der Waals surface area contributed by atoms with Gasteiger partial charge in [0.25, 0.3) is 0 Å². The van der Waals surface area contributed by atoms with Gasteiger partial charge in [0.2, 0.25) is 0 Å². The Balaban J connectivity index is 1.54. The van der Waals surface area contributed by atoms with Crippen LogP contribution in [0.2, 0.25) is 0 Å². The topological polar surface area (TPSA) is 56.7 Å². The molecule has 1 aromatic carbocycles. The third-order valence-corrected chi connectivity index (χ3v) is 7.10. The van der Waals surface area contributed by atoms with E-state index in [0.717, 1.165) is 56.4 Å². The number of ether oxygens (including phenoxy) is 3. The van der Waals surface area contributed by atoms with Crippen LogP contribution in [-0.4, -0.2) is 37.5 Å². The quantitative estimate of drug-likeness (QED) is 0.337. The second-order valence-corrected chi connectivity index (χ2v) is 9.55. The summed E-state index contributed by atoms with van der Waals surface area (Å²) in [6.45, 7) is 6.06. The van der Waals surface area contributed by atoms with Crippen molar-refractivity contribution in [2.75, 3.05) is 20.8 Å². The lowest BCUT2D eigenvalue weighted by molar-refractivity contribution is 0.00666. The van der Waals surface area contributed by atoms with Gasteiger partial charge in [0.15, 0.2) is 6.23 Å². The van der Waals surface area contributed by atoms with Crippen molar-refractivity contribution < 1.29 is 14.2 Å². The third-order valence-electron chi connectivity index (χ3n) is 7.10. The van der Waals surface area contributed by atoms with Crippen LogP contribution in [0.25, 0.3) is 5.57 Å². The number of unbranched alkanes of at least 4 members (excludes halogenated alkanes) is 1. The number of nitrogens with zero attached hydrogens (tertiary/aromatic N) is 1. The van der Waals surface area contributed by atoms with E-state index in [1.807, 2.05) is 0 Å². The average molecular weight is 468 g/mol. The van der Waals surface area contributed by atoms with Crippen molar-refractivity contribution in [3.63, 3.8) is 0 Å². The number of fused-ring (bicyclic) bond motifs is 1. The first kappa shape index (κ1) is 25.0. The summed E-state index contributed by atoms with van der Waals surface area (Å²) in [6, 6.07) is 11.0. The Bertz CT molecular complexity index is 932. The van der Waals surface area contributed by atoms with Gasteiger partial charge >= 0.3 is 0 Å². The number of nitrogens with one attached hydrogen (secondary N) is 2. The standard InChI is InChI=1S/C28H41N3O3/c1-5-6-16-34-23-14-12-22(13-15-23)30-27(32-3)24-19-31(18-21-10-8-7-9-11-21)26-20(2)17-29-28(33-4)25(24)26/h7-11,17,19,22-23,27-30H,5-6,12-16,18H2,1-4H3. The highest BCUT2D eigenvalue weighted by atomic mass is 16.5. The molecule has 0 bridgehead atoms. The number of aromatic nitrogens is 1. The van der Waals surface area contributed by atoms with E-state index >= 15 is 0 Å². The first-order valence-corrected chi connectivity index (χ1v) is 12.8. The molecule has 0 saturated heterocycles. The Morgan fingerprint density at radius 3 is 2.56 bits per heavy atom. The van der Waals surface area contributed by atoms with Crippen molar-refractivity contribution in [2.24, 2.45) is 0 Å². The number of allylic oxidation sites excluding steroid dienone is 1. The van der Waals surface area contributed by atoms with Crippen LogP contribution in [-0.2, 0) is 20.8 Å². The van der Waals surface area contributed by atoms with Crippen molar-refractivity contribution in [1.29, 1.82) is 0 Å². The Labute approximate surface area is 204 Å². The van der Waals surface area contributed by atoms with Gasteiger partial charge in [0.05, 0.1) is 11.8 Å². The first-order chi connectivity index (χ1) is 16.6. The van der Waals surface area contributed by atoms with Crippen molar-refractivity contribution >= 4 is 5.57 Å². The Hall–Kier alpha value is -2.12. The molecular weight excluding hydrogens is 426 g/mol. The molecule has 0 spiro atoms. The Morgan fingerprint density at radius 2 is 1.88 bits per heavy atom. The number of hydrogen-bond acceptors (Lipinski definition) is 5. The van der Waals surface area contributed by atoms with Gasteiger partial charge in [-0.3, -0.25) is 5.32 Å². The van der Waals surface area contributed by atoms with Crippen molar-refractivity contribution in [3.05, 3.63) is 65.1 Å². The van der Waals surface area contributed by atoms with E-state index < -0.39 is 0 Å². The molecule has 186 valence electrons. The van der Waals surface area contributed by atoms with Crippen LogP contribution in [0.4, 0.5) is 0 Å². The van der Waals surface area contributed by atoms with Crippen molar-refractivity contribution in [1.82, 2.24) is 15.2 Å². The fourth-order valence-electron chi connectivity index (χ4n) is 5.25. The molecule has 2 atom stereocenters. The molecule has 6 heteroatoms. The van der Waals surface area contributed by atoms with Crippen LogP contribution < -0.4 is 10.6 Å². The SMILES string of the molecule is CCCCOC1CCC(NC(OC)c2cn(Cc3ccccc3)c3c2C(OC)NC=C3C)CC1. The predicted molar refractivity (Wildman–Crippen MR) is 136 cm³/mol. The highest BCUT2D eigenvalue weighted by Gasteiger charge is 2.32. The summed E-state index contributed by atoms with van der Waals surface area (Å²) in [5.74, 6) is 0. The van der Waals surface area contributed by atoms with E-state index in [0.29, 0.717) is 12.1 Å². The van der Waals surface area contributed by atoms with Gasteiger partial charge in [-0.05, 0) is 50.2 Å². The fourth-order valence-corrected chi connectivity index (χ4v) is 5.25.